The second-order valence-electron chi connectivity index (χ2n) is 6.66. The zero-order valence-electron chi connectivity index (χ0n) is 14.5. The van der Waals surface area contributed by atoms with Crippen LogP contribution in [0.1, 0.15) is 32.1 Å². The highest BCUT2D eigenvalue weighted by atomic mass is 16.5. The molecule has 2 aromatic carbocycles. The lowest BCUT2D eigenvalue weighted by Gasteiger charge is -2.21. The van der Waals surface area contributed by atoms with Gasteiger partial charge < -0.3 is 9.84 Å². The van der Waals surface area contributed by atoms with Crippen LogP contribution < -0.4 is 5.32 Å². The molecular formula is C21H21N3O2. The molecule has 1 aliphatic rings. The van der Waals surface area contributed by atoms with Crippen molar-refractivity contribution in [2.45, 2.75) is 32.1 Å². The summed E-state index contributed by atoms with van der Waals surface area (Å²) >= 11 is 0. The lowest BCUT2D eigenvalue weighted by molar-refractivity contribution is -0.120. The van der Waals surface area contributed by atoms with E-state index in [2.05, 4.69) is 15.5 Å². The van der Waals surface area contributed by atoms with Crippen LogP contribution in [-0.4, -0.2) is 16.0 Å². The summed E-state index contributed by atoms with van der Waals surface area (Å²) in [6.45, 7) is 0. The molecule has 26 heavy (non-hydrogen) atoms. The second-order valence-corrected chi connectivity index (χ2v) is 6.66. The van der Waals surface area contributed by atoms with E-state index in [4.69, 9.17) is 4.52 Å². The molecule has 5 heteroatoms. The van der Waals surface area contributed by atoms with Gasteiger partial charge in [-0.05, 0) is 25.0 Å². The number of rotatable bonds is 4. The van der Waals surface area contributed by atoms with Crippen molar-refractivity contribution < 1.29 is 9.32 Å². The lowest BCUT2D eigenvalue weighted by atomic mass is 9.88. The van der Waals surface area contributed by atoms with E-state index in [-0.39, 0.29) is 11.8 Å². The summed E-state index contributed by atoms with van der Waals surface area (Å²) < 4.78 is 5.46. The van der Waals surface area contributed by atoms with Crippen molar-refractivity contribution >= 4 is 11.6 Å². The zero-order valence-corrected chi connectivity index (χ0v) is 14.5. The van der Waals surface area contributed by atoms with Crippen LogP contribution >= 0.6 is 0 Å². The Morgan fingerprint density at radius 3 is 2.50 bits per heavy atom. The van der Waals surface area contributed by atoms with Crippen LogP contribution in [0.25, 0.3) is 22.8 Å². The van der Waals surface area contributed by atoms with Gasteiger partial charge in [0.15, 0.2) is 0 Å². The van der Waals surface area contributed by atoms with Crippen LogP contribution in [0.3, 0.4) is 0 Å². The van der Waals surface area contributed by atoms with Crippen molar-refractivity contribution in [2.24, 2.45) is 5.92 Å². The van der Waals surface area contributed by atoms with E-state index in [1.54, 1.807) is 0 Å². The van der Waals surface area contributed by atoms with Gasteiger partial charge in [-0.25, -0.2) is 0 Å². The van der Waals surface area contributed by atoms with E-state index < -0.39 is 0 Å². The average Bonchev–Trinajstić information content (AvgIpc) is 3.20. The first-order valence-corrected chi connectivity index (χ1v) is 9.10. The average molecular weight is 347 g/mol. The molecule has 1 fully saturated rings. The molecule has 0 atom stereocenters. The highest BCUT2D eigenvalue weighted by Gasteiger charge is 2.22. The molecule has 1 aliphatic carbocycles. The van der Waals surface area contributed by atoms with Crippen molar-refractivity contribution in [2.75, 3.05) is 5.32 Å². The van der Waals surface area contributed by atoms with Gasteiger partial charge in [-0.15, -0.1) is 0 Å². The number of carbonyl (C=O) groups excluding carboxylic acids is 1. The monoisotopic (exact) mass is 347 g/mol. The standard InChI is InChI=1S/C21H21N3O2/c25-20(16-11-5-2-6-12-16)22-18-14-8-7-13-17(18)21-23-19(24-26-21)15-9-3-1-4-10-15/h1,3-4,7-10,13-14,16H,2,5-6,11-12H2,(H,22,25). The molecule has 1 amide bonds. The maximum Gasteiger partial charge on any atom is 0.260 e. The summed E-state index contributed by atoms with van der Waals surface area (Å²) in [5.74, 6) is 1.12. The predicted octanol–water partition coefficient (Wildman–Crippen LogP) is 4.92. The second kappa shape index (κ2) is 7.52. The van der Waals surface area contributed by atoms with Gasteiger partial charge in [0.1, 0.15) is 0 Å². The maximum atomic E-state index is 12.6. The van der Waals surface area contributed by atoms with Crippen molar-refractivity contribution in [3.63, 3.8) is 0 Å². The van der Waals surface area contributed by atoms with Crippen LogP contribution in [-0.2, 0) is 4.79 Å². The molecule has 1 aromatic heterocycles. The van der Waals surface area contributed by atoms with Crippen LogP contribution in [0.2, 0.25) is 0 Å². The summed E-state index contributed by atoms with van der Waals surface area (Å²) in [7, 11) is 0. The Labute approximate surface area is 152 Å². The largest absolute Gasteiger partial charge is 0.334 e. The van der Waals surface area contributed by atoms with Crippen LogP contribution in [0, 0.1) is 5.92 Å². The van der Waals surface area contributed by atoms with Crippen molar-refractivity contribution in [1.29, 1.82) is 0 Å². The van der Waals surface area contributed by atoms with Gasteiger partial charge in [-0.3, -0.25) is 4.79 Å². The van der Waals surface area contributed by atoms with E-state index in [1.165, 1.54) is 6.42 Å². The number of hydrogen-bond acceptors (Lipinski definition) is 4. The fourth-order valence-electron chi connectivity index (χ4n) is 3.42. The molecule has 5 nitrogen and oxygen atoms in total. The number of hydrogen-bond donors (Lipinski definition) is 1. The molecule has 0 unspecified atom stereocenters. The minimum atomic E-state index is 0.0833. The molecule has 0 spiro atoms. The molecule has 0 radical (unpaired) electrons. The number of nitrogens with zero attached hydrogens (tertiary/aromatic N) is 2. The summed E-state index contributed by atoms with van der Waals surface area (Å²) in [6, 6.07) is 17.2. The summed E-state index contributed by atoms with van der Waals surface area (Å²) in [4.78, 5) is 17.1. The van der Waals surface area contributed by atoms with Crippen molar-refractivity contribution in [1.82, 2.24) is 10.1 Å². The minimum Gasteiger partial charge on any atom is -0.334 e. The predicted molar refractivity (Wildman–Crippen MR) is 100 cm³/mol. The summed E-state index contributed by atoms with van der Waals surface area (Å²) in [5, 5.41) is 7.14. The third-order valence-electron chi connectivity index (χ3n) is 4.85. The number of carbonyl (C=O) groups is 1. The Balaban J connectivity index is 1.58. The number of benzene rings is 2. The number of amides is 1. The summed E-state index contributed by atoms with van der Waals surface area (Å²) in [5.41, 5.74) is 2.35. The minimum absolute atomic E-state index is 0.0833. The Hall–Kier alpha value is -2.95. The van der Waals surface area contributed by atoms with Crippen LogP contribution in [0.15, 0.2) is 59.1 Å². The maximum absolute atomic E-state index is 12.6. The molecular weight excluding hydrogens is 326 g/mol. The molecule has 0 saturated heterocycles. The van der Waals surface area contributed by atoms with E-state index in [1.807, 2.05) is 54.6 Å². The highest BCUT2D eigenvalue weighted by Crippen LogP contribution is 2.30. The van der Waals surface area contributed by atoms with Crippen molar-refractivity contribution in [3.8, 4) is 22.8 Å². The molecule has 132 valence electrons. The van der Waals surface area contributed by atoms with Gasteiger partial charge in [0, 0.05) is 11.5 Å². The molecule has 4 rings (SSSR count). The smallest absolute Gasteiger partial charge is 0.260 e. The topological polar surface area (TPSA) is 68.0 Å². The van der Waals surface area contributed by atoms with Gasteiger partial charge in [-0.1, -0.05) is 66.9 Å². The third-order valence-corrected chi connectivity index (χ3v) is 4.85. The Morgan fingerprint density at radius 2 is 1.69 bits per heavy atom. The Morgan fingerprint density at radius 1 is 0.962 bits per heavy atom. The van der Waals surface area contributed by atoms with Gasteiger partial charge >= 0.3 is 0 Å². The number of anilines is 1. The lowest BCUT2D eigenvalue weighted by Crippen LogP contribution is -2.24. The van der Waals surface area contributed by atoms with E-state index in [0.717, 1.165) is 36.8 Å². The number of para-hydroxylation sites is 1. The normalized spacial score (nSPS) is 14.9. The Kier molecular flexibility index (Phi) is 4.78. The van der Waals surface area contributed by atoms with Gasteiger partial charge in [0.25, 0.3) is 5.89 Å². The molecule has 1 N–H and O–H groups in total. The van der Waals surface area contributed by atoms with E-state index in [9.17, 15) is 4.79 Å². The summed E-state index contributed by atoms with van der Waals surface area (Å²) in [6.07, 6.45) is 5.41. The number of aromatic nitrogens is 2. The first-order valence-electron chi connectivity index (χ1n) is 9.10. The van der Waals surface area contributed by atoms with Gasteiger partial charge in [-0.2, -0.15) is 4.98 Å². The quantitative estimate of drug-likeness (QED) is 0.727. The van der Waals surface area contributed by atoms with Crippen LogP contribution in [0.5, 0.6) is 0 Å². The molecule has 3 aromatic rings. The van der Waals surface area contributed by atoms with Crippen molar-refractivity contribution in [3.05, 3.63) is 54.6 Å². The van der Waals surface area contributed by atoms with Gasteiger partial charge in [0.05, 0.1) is 11.3 Å². The number of nitrogens with one attached hydrogen (secondary N) is 1. The highest BCUT2D eigenvalue weighted by molar-refractivity contribution is 5.96. The molecule has 0 aliphatic heterocycles. The third kappa shape index (κ3) is 3.52. The zero-order chi connectivity index (χ0) is 17.8. The van der Waals surface area contributed by atoms with E-state index >= 15 is 0 Å². The Bertz CT molecular complexity index is 883. The van der Waals surface area contributed by atoms with Crippen LogP contribution in [0.4, 0.5) is 5.69 Å². The first kappa shape index (κ1) is 16.5. The van der Waals surface area contributed by atoms with E-state index in [0.29, 0.717) is 17.4 Å². The molecule has 1 saturated carbocycles. The fourth-order valence-corrected chi connectivity index (χ4v) is 3.42. The fraction of sp³-hybridized carbons (Fsp3) is 0.286. The molecule has 1 heterocycles. The SMILES string of the molecule is O=C(Nc1ccccc1-c1nc(-c2ccccc2)no1)C1CCCCC1. The molecule has 0 bridgehead atoms. The van der Waals surface area contributed by atoms with Gasteiger partial charge in [0.2, 0.25) is 11.7 Å². The first-order chi connectivity index (χ1) is 12.8.